The van der Waals surface area contributed by atoms with Crippen molar-refractivity contribution in [1.29, 1.82) is 0 Å². The minimum atomic E-state index is -0.192. The number of urea groups is 1. The van der Waals surface area contributed by atoms with Crippen LogP contribution in [0.5, 0.6) is 5.75 Å². The molecule has 3 heterocycles. The van der Waals surface area contributed by atoms with E-state index in [4.69, 9.17) is 9.47 Å². The number of likely N-dealkylation sites (tertiary alicyclic amines) is 1. The molecule has 1 saturated carbocycles. The number of nitrogens with one attached hydrogen (secondary N) is 2. The topological polar surface area (TPSA) is 88.6 Å². The molecule has 2 amide bonds. The fourth-order valence-electron chi connectivity index (χ4n) is 4.51. The fourth-order valence-corrected chi connectivity index (χ4v) is 5.17. The predicted octanol–water partition coefficient (Wildman–Crippen LogP) is 3.26. The number of rotatable bonds is 7. The SMILES string of the molecule is COc1ccc([C@@H]2CN(CC3CC(OC)C3)CC[C@H]2NC(=O)Nc2cc(C)ns2)nc1. The molecule has 4 rings (SSSR count). The van der Waals surface area contributed by atoms with Crippen LogP contribution in [0.3, 0.4) is 0 Å². The van der Waals surface area contributed by atoms with E-state index in [1.165, 1.54) is 11.5 Å². The van der Waals surface area contributed by atoms with Crippen molar-refractivity contribution in [3.63, 3.8) is 0 Å². The molecule has 2 aliphatic rings. The molecular formula is C22H31N5O3S. The summed E-state index contributed by atoms with van der Waals surface area (Å²) in [5, 5.41) is 6.85. The van der Waals surface area contributed by atoms with Crippen molar-refractivity contribution >= 4 is 22.6 Å². The summed E-state index contributed by atoms with van der Waals surface area (Å²) in [6.07, 6.45) is 5.32. The Kier molecular flexibility index (Phi) is 7.04. The lowest BCUT2D eigenvalue weighted by molar-refractivity contribution is -0.0145. The highest BCUT2D eigenvalue weighted by Gasteiger charge is 2.36. The Morgan fingerprint density at radius 2 is 2.16 bits per heavy atom. The number of methoxy groups -OCH3 is 2. The van der Waals surface area contributed by atoms with Crippen molar-refractivity contribution in [2.45, 2.75) is 44.2 Å². The van der Waals surface area contributed by atoms with E-state index >= 15 is 0 Å². The van der Waals surface area contributed by atoms with E-state index in [0.29, 0.717) is 12.0 Å². The molecule has 2 fully saturated rings. The number of carbonyl (C=O) groups excluding carboxylic acids is 1. The summed E-state index contributed by atoms with van der Waals surface area (Å²) in [6.45, 7) is 4.83. The lowest BCUT2D eigenvalue weighted by atomic mass is 9.80. The zero-order valence-corrected chi connectivity index (χ0v) is 19.2. The van der Waals surface area contributed by atoms with Crippen molar-refractivity contribution in [1.82, 2.24) is 19.6 Å². The highest BCUT2D eigenvalue weighted by atomic mass is 32.1. The van der Waals surface area contributed by atoms with Crippen LogP contribution in [0.4, 0.5) is 9.80 Å². The first-order valence-electron chi connectivity index (χ1n) is 10.8. The summed E-state index contributed by atoms with van der Waals surface area (Å²) in [5.74, 6) is 1.54. The molecule has 0 radical (unpaired) electrons. The van der Waals surface area contributed by atoms with Gasteiger partial charge in [-0.25, -0.2) is 4.79 Å². The molecule has 1 saturated heterocycles. The Labute approximate surface area is 187 Å². The van der Waals surface area contributed by atoms with Gasteiger partial charge < -0.3 is 19.7 Å². The third kappa shape index (κ3) is 5.53. The second kappa shape index (κ2) is 9.93. The van der Waals surface area contributed by atoms with E-state index < -0.39 is 0 Å². The molecule has 2 aromatic heterocycles. The Balaban J connectivity index is 1.42. The van der Waals surface area contributed by atoms with E-state index in [9.17, 15) is 4.79 Å². The summed E-state index contributed by atoms with van der Waals surface area (Å²) < 4.78 is 14.9. The van der Waals surface area contributed by atoms with Gasteiger partial charge in [-0.2, -0.15) is 4.37 Å². The molecule has 0 bridgehead atoms. The van der Waals surface area contributed by atoms with Gasteiger partial charge in [-0.15, -0.1) is 0 Å². The molecule has 2 N–H and O–H groups in total. The second-order valence-corrected chi connectivity index (χ2v) is 9.32. The summed E-state index contributed by atoms with van der Waals surface area (Å²) in [5.41, 5.74) is 1.88. The van der Waals surface area contributed by atoms with Crippen molar-refractivity contribution < 1.29 is 14.3 Å². The molecule has 2 aromatic rings. The Hall–Kier alpha value is -2.23. The molecule has 0 unspecified atom stereocenters. The lowest BCUT2D eigenvalue weighted by Gasteiger charge is -2.43. The van der Waals surface area contributed by atoms with Crippen molar-refractivity contribution in [2.24, 2.45) is 5.92 Å². The molecule has 168 valence electrons. The number of aryl methyl sites for hydroxylation is 1. The Morgan fingerprint density at radius 1 is 1.32 bits per heavy atom. The second-order valence-electron chi connectivity index (χ2n) is 8.51. The van der Waals surface area contributed by atoms with Gasteiger partial charge in [0.05, 0.1) is 25.1 Å². The van der Waals surface area contributed by atoms with E-state index in [1.807, 2.05) is 25.1 Å². The van der Waals surface area contributed by atoms with Crippen LogP contribution in [0.1, 0.15) is 36.6 Å². The molecule has 1 aliphatic heterocycles. The zero-order chi connectivity index (χ0) is 21.8. The number of anilines is 1. The van der Waals surface area contributed by atoms with Gasteiger partial charge in [0.25, 0.3) is 0 Å². The summed E-state index contributed by atoms with van der Waals surface area (Å²) in [6, 6.07) is 5.65. The normalized spacial score (nSPS) is 26.2. The van der Waals surface area contributed by atoms with Gasteiger partial charge in [0.2, 0.25) is 0 Å². The van der Waals surface area contributed by atoms with Crippen molar-refractivity contribution in [3.8, 4) is 5.75 Å². The lowest BCUT2D eigenvalue weighted by Crippen LogP contribution is -2.52. The standard InChI is InChI=1S/C22H31N5O3S/c1-14-8-21(31-26-14)25-22(28)24-20-6-7-27(12-15-9-17(10-15)30-3)13-18(20)19-5-4-16(29-2)11-23-19/h4-5,8,11,15,17-18,20H,6-7,9-10,12-13H2,1-3H3,(H2,24,25,28)/t15?,17?,18-,20+/m0/s1. The number of aromatic nitrogens is 2. The highest BCUT2D eigenvalue weighted by Crippen LogP contribution is 2.33. The minimum absolute atomic E-state index is 0.0132. The predicted molar refractivity (Wildman–Crippen MR) is 121 cm³/mol. The van der Waals surface area contributed by atoms with Gasteiger partial charge in [-0.1, -0.05) is 0 Å². The number of hydrogen-bond acceptors (Lipinski definition) is 7. The van der Waals surface area contributed by atoms with E-state index in [2.05, 4.69) is 24.9 Å². The summed E-state index contributed by atoms with van der Waals surface area (Å²) in [7, 11) is 3.43. The molecule has 31 heavy (non-hydrogen) atoms. The fraction of sp³-hybridized carbons (Fsp3) is 0.591. The van der Waals surface area contributed by atoms with Crippen LogP contribution in [0.15, 0.2) is 24.4 Å². The van der Waals surface area contributed by atoms with Gasteiger partial charge in [-0.05, 0) is 61.8 Å². The monoisotopic (exact) mass is 445 g/mol. The molecular weight excluding hydrogens is 414 g/mol. The van der Waals surface area contributed by atoms with Crippen LogP contribution in [0.2, 0.25) is 0 Å². The Morgan fingerprint density at radius 3 is 2.81 bits per heavy atom. The number of carbonyl (C=O) groups is 1. The summed E-state index contributed by atoms with van der Waals surface area (Å²) in [4.78, 5) is 19.8. The largest absolute Gasteiger partial charge is 0.495 e. The smallest absolute Gasteiger partial charge is 0.320 e. The van der Waals surface area contributed by atoms with Crippen LogP contribution < -0.4 is 15.4 Å². The number of hydrogen-bond donors (Lipinski definition) is 2. The zero-order valence-electron chi connectivity index (χ0n) is 18.3. The van der Waals surface area contributed by atoms with Gasteiger partial charge in [0, 0.05) is 44.4 Å². The summed E-state index contributed by atoms with van der Waals surface area (Å²) >= 11 is 1.29. The quantitative estimate of drug-likeness (QED) is 0.680. The number of nitrogens with zero attached hydrogens (tertiary/aromatic N) is 3. The average molecular weight is 446 g/mol. The highest BCUT2D eigenvalue weighted by molar-refractivity contribution is 7.10. The molecule has 0 aromatic carbocycles. The molecule has 9 heteroatoms. The van der Waals surface area contributed by atoms with Gasteiger partial charge >= 0.3 is 6.03 Å². The van der Waals surface area contributed by atoms with Crippen LogP contribution in [-0.4, -0.2) is 66.3 Å². The molecule has 8 nitrogen and oxygen atoms in total. The van der Waals surface area contributed by atoms with Gasteiger partial charge in [0.1, 0.15) is 10.8 Å². The molecule has 2 atom stereocenters. The average Bonchev–Trinajstić information content (AvgIpc) is 3.15. The maximum absolute atomic E-state index is 12.6. The van der Waals surface area contributed by atoms with Crippen LogP contribution in [0.25, 0.3) is 0 Å². The van der Waals surface area contributed by atoms with Crippen LogP contribution >= 0.6 is 11.5 Å². The number of pyridine rings is 1. The maximum Gasteiger partial charge on any atom is 0.320 e. The number of amides is 2. The third-order valence-corrected chi connectivity index (χ3v) is 7.09. The molecule has 1 aliphatic carbocycles. The van der Waals surface area contributed by atoms with E-state index in [0.717, 1.165) is 61.0 Å². The van der Waals surface area contributed by atoms with Crippen molar-refractivity contribution in [3.05, 3.63) is 35.8 Å². The first-order chi connectivity index (χ1) is 15.0. The first-order valence-corrected chi connectivity index (χ1v) is 11.6. The van der Waals surface area contributed by atoms with E-state index in [1.54, 1.807) is 20.4 Å². The van der Waals surface area contributed by atoms with E-state index in [-0.39, 0.29) is 18.0 Å². The number of ether oxygens (including phenoxy) is 2. The maximum atomic E-state index is 12.6. The van der Waals surface area contributed by atoms with Crippen LogP contribution in [-0.2, 0) is 4.74 Å². The Bertz CT molecular complexity index is 868. The third-order valence-electron chi connectivity index (χ3n) is 6.30. The van der Waals surface area contributed by atoms with Crippen LogP contribution in [0, 0.1) is 12.8 Å². The van der Waals surface area contributed by atoms with Crippen molar-refractivity contribution in [2.75, 3.05) is 39.2 Å². The van der Waals surface area contributed by atoms with Gasteiger partial charge in [0.15, 0.2) is 0 Å². The minimum Gasteiger partial charge on any atom is -0.495 e. The van der Waals surface area contributed by atoms with Gasteiger partial charge in [-0.3, -0.25) is 10.3 Å². The first kappa shape index (κ1) is 22.0. The molecule has 0 spiro atoms. The number of piperidine rings is 1.